The van der Waals surface area contributed by atoms with Gasteiger partial charge in [0.05, 0.1) is 19.3 Å². The minimum atomic E-state index is -0.187. The number of carbonyl (C=O) groups excluding carboxylic acids is 1. The highest BCUT2D eigenvalue weighted by molar-refractivity contribution is 9.10. The van der Waals surface area contributed by atoms with Crippen molar-refractivity contribution in [2.24, 2.45) is 0 Å². The minimum absolute atomic E-state index is 0.164. The lowest BCUT2D eigenvalue weighted by Crippen LogP contribution is -2.23. The molecule has 1 heterocycles. The largest absolute Gasteiger partial charge is 0.497 e. The van der Waals surface area contributed by atoms with Gasteiger partial charge in [0.1, 0.15) is 23.4 Å². The first kappa shape index (κ1) is 18.6. The highest BCUT2D eigenvalue weighted by atomic mass is 79.9. The first-order chi connectivity index (χ1) is 12.5. The normalized spacial score (nSPS) is 15.2. The minimum Gasteiger partial charge on any atom is -0.497 e. The van der Waals surface area contributed by atoms with Crippen molar-refractivity contribution < 1.29 is 19.0 Å². The molecule has 26 heavy (non-hydrogen) atoms. The van der Waals surface area contributed by atoms with Crippen molar-refractivity contribution in [1.29, 1.82) is 0 Å². The molecule has 6 heteroatoms. The average molecular weight is 420 g/mol. The van der Waals surface area contributed by atoms with E-state index in [0.717, 1.165) is 29.0 Å². The van der Waals surface area contributed by atoms with Gasteiger partial charge >= 0.3 is 0 Å². The van der Waals surface area contributed by atoms with Gasteiger partial charge < -0.3 is 19.5 Å². The predicted octanol–water partition coefficient (Wildman–Crippen LogP) is 4.11. The molecular formula is C20H22BrNO4. The summed E-state index contributed by atoms with van der Waals surface area (Å²) >= 11 is 3.41. The number of benzene rings is 2. The third-order valence-electron chi connectivity index (χ3n) is 4.24. The Labute approximate surface area is 161 Å². The fourth-order valence-corrected chi connectivity index (χ4v) is 3.41. The van der Waals surface area contributed by atoms with E-state index in [2.05, 4.69) is 21.2 Å². The van der Waals surface area contributed by atoms with Crippen LogP contribution in [0.5, 0.6) is 17.2 Å². The smallest absolute Gasteiger partial charge is 0.252 e. The van der Waals surface area contributed by atoms with Gasteiger partial charge in [-0.15, -0.1) is 0 Å². The molecule has 0 bridgehead atoms. The van der Waals surface area contributed by atoms with Gasteiger partial charge in [-0.05, 0) is 60.1 Å². The second-order valence-corrected chi connectivity index (χ2v) is 7.02. The molecule has 1 aliphatic heterocycles. The third kappa shape index (κ3) is 3.96. The number of nitrogens with one attached hydrogen (secondary N) is 1. The Bertz CT molecular complexity index is 822. The summed E-state index contributed by atoms with van der Waals surface area (Å²) in [6.07, 6.45) is 1.04. The van der Waals surface area contributed by atoms with Crippen LogP contribution in [0.25, 0.3) is 0 Å². The van der Waals surface area contributed by atoms with E-state index in [9.17, 15) is 4.79 Å². The van der Waals surface area contributed by atoms with Crippen LogP contribution >= 0.6 is 15.9 Å². The molecule has 1 unspecified atom stereocenters. The summed E-state index contributed by atoms with van der Waals surface area (Å²) in [7, 11) is 1.57. The van der Waals surface area contributed by atoms with Gasteiger partial charge in [-0.1, -0.05) is 0 Å². The molecule has 0 saturated carbocycles. The number of methoxy groups -OCH3 is 1. The van der Waals surface area contributed by atoms with E-state index in [4.69, 9.17) is 14.2 Å². The Hall–Kier alpha value is -2.21. The summed E-state index contributed by atoms with van der Waals surface area (Å²) in [5, 5.41) is 2.95. The third-order valence-corrected chi connectivity index (χ3v) is 4.93. The van der Waals surface area contributed by atoms with Crippen LogP contribution in [0.15, 0.2) is 34.8 Å². The van der Waals surface area contributed by atoms with Gasteiger partial charge in [0.25, 0.3) is 5.91 Å². The SMILES string of the molecule is CCOc1cc2c(cc1CNC(=O)c1cc(OC)ccc1Br)OC(C)C2. The van der Waals surface area contributed by atoms with Crippen molar-refractivity contribution in [1.82, 2.24) is 5.32 Å². The number of rotatable bonds is 6. The summed E-state index contributed by atoms with van der Waals surface area (Å²) in [6.45, 7) is 4.91. The van der Waals surface area contributed by atoms with Gasteiger partial charge in [-0.25, -0.2) is 0 Å². The van der Waals surface area contributed by atoms with Crippen LogP contribution < -0.4 is 19.5 Å². The van der Waals surface area contributed by atoms with Gasteiger partial charge in [-0.2, -0.15) is 0 Å². The number of halogens is 1. The van der Waals surface area contributed by atoms with E-state index < -0.39 is 0 Å². The lowest BCUT2D eigenvalue weighted by atomic mass is 10.1. The fourth-order valence-electron chi connectivity index (χ4n) is 2.99. The Morgan fingerprint density at radius 1 is 1.35 bits per heavy atom. The number of hydrogen-bond acceptors (Lipinski definition) is 4. The van der Waals surface area contributed by atoms with Gasteiger partial charge in [0.2, 0.25) is 0 Å². The molecule has 0 aromatic heterocycles. The molecule has 1 aliphatic rings. The van der Waals surface area contributed by atoms with Gasteiger partial charge in [-0.3, -0.25) is 4.79 Å². The zero-order chi connectivity index (χ0) is 18.7. The second kappa shape index (κ2) is 7.99. The van der Waals surface area contributed by atoms with Crippen LogP contribution in [0.4, 0.5) is 0 Å². The molecule has 1 amide bonds. The maximum Gasteiger partial charge on any atom is 0.252 e. The number of amides is 1. The second-order valence-electron chi connectivity index (χ2n) is 6.16. The van der Waals surface area contributed by atoms with E-state index in [1.54, 1.807) is 25.3 Å². The van der Waals surface area contributed by atoms with Gasteiger partial charge in [0, 0.05) is 28.6 Å². The fraction of sp³-hybridized carbons (Fsp3) is 0.350. The van der Waals surface area contributed by atoms with E-state index >= 15 is 0 Å². The number of ether oxygens (including phenoxy) is 3. The Balaban J connectivity index is 1.79. The maximum absolute atomic E-state index is 12.6. The summed E-state index contributed by atoms with van der Waals surface area (Å²) in [5.41, 5.74) is 2.56. The molecule has 0 saturated heterocycles. The van der Waals surface area contributed by atoms with Crippen LogP contribution in [0.3, 0.4) is 0 Å². The van der Waals surface area contributed by atoms with E-state index in [1.165, 1.54) is 0 Å². The van der Waals surface area contributed by atoms with Crippen LogP contribution in [-0.2, 0) is 13.0 Å². The monoisotopic (exact) mass is 419 g/mol. The Kier molecular flexibility index (Phi) is 5.71. The van der Waals surface area contributed by atoms with Crippen molar-refractivity contribution in [3.8, 4) is 17.2 Å². The number of hydrogen-bond donors (Lipinski definition) is 1. The Morgan fingerprint density at radius 3 is 2.88 bits per heavy atom. The predicted molar refractivity (Wildman–Crippen MR) is 103 cm³/mol. The molecule has 0 spiro atoms. The standard InChI is InChI=1S/C20H22BrNO4/c1-4-25-18-8-13-7-12(2)26-19(13)9-14(18)11-22-20(23)16-10-15(24-3)5-6-17(16)21/h5-6,8-10,12H,4,7,11H2,1-3H3,(H,22,23). The van der Waals surface area contributed by atoms with Crippen molar-refractivity contribution in [2.45, 2.75) is 32.9 Å². The van der Waals surface area contributed by atoms with Crippen molar-refractivity contribution in [3.63, 3.8) is 0 Å². The van der Waals surface area contributed by atoms with E-state index in [-0.39, 0.29) is 12.0 Å². The first-order valence-electron chi connectivity index (χ1n) is 8.58. The molecule has 2 aromatic rings. The van der Waals surface area contributed by atoms with Gasteiger partial charge in [0.15, 0.2) is 0 Å². The van der Waals surface area contributed by atoms with Crippen LogP contribution in [0, 0.1) is 0 Å². The van der Waals surface area contributed by atoms with E-state index in [0.29, 0.717) is 28.9 Å². The molecule has 3 rings (SSSR count). The zero-order valence-corrected chi connectivity index (χ0v) is 16.7. The Morgan fingerprint density at radius 2 is 2.15 bits per heavy atom. The molecule has 5 nitrogen and oxygen atoms in total. The highest BCUT2D eigenvalue weighted by Crippen LogP contribution is 2.35. The first-order valence-corrected chi connectivity index (χ1v) is 9.38. The summed E-state index contributed by atoms with van der Waals surface area (Å²) in [4.78, 5) is 12.6. The summed E-state index contributed by atoms with van der Waals surface area (Å²) in [6, 6.07) is 9.28. The molecule has 0 fully saturated rings. The van der Waals surface area contributed by atoms with Crippen molar-refractivity contribution in [2.75, 3.05) is 13.7 Å². The number of fused-ring (bicyclic) bond motifs is 1. The maximum atomic E-state index is 12.6. The molecule has 2 aromatic carbocycles. The topological polar surface area (TPSA) is 56.8 Å². The highest BCUT2D eigenvalue weighted by Gasteiger charge is 2.22. The molecule has 1 N–H and O–H groups in total. The molecule has 138 valence electrons. The lowest BCUT2D eigenvalue weighted by Gasteiger charge is -2.14. The van der Waals surface area contributed by atoms with Crippen LogP contribution in [0.2, 0.25) is 0 Å². The van der Waals surface area contributed by atoms with Crippen molar-refractivity contribution >= 4 is 21.8 Å². The quantitative estimate of drug-likeness (QED) is 0.765. The zero-order valence-electron chi connectivity index (χ0n) is 15.1. The molecule has 0 aliphatic carbocycles. The molecular weight excluding hydrogens is 398 g/mol. The van der Waals surface area contributed by atoms with E-state index in [1.807, 2.05) is 26.0 Å². The lowest BCUT2D eigenvalue weighted by molar-refractivity contribution is 0.0949. The van der Waals surface area contributed by atoms with Crippen LogP contribution in [-0.4, -0.2) is 25.7 Å². The molecule has 0 radical (unpaired) electrons. The summed E-state index contributed by atoms with van der Waals surface area (Å²) in [5.74, 6) is 2.10. The molecule has 1 atom stereocenters. The summed E-state index contributed by atoms with van der Waals surface area (Å²) < 4.78 is 17.5. The number of carbonyl (C=O) groups is 1. The van der Waals surface area contributed by atoms with Crippen molar-refractivity contribution in [3.05, 3.63) is 51.5 Å². The van der Waals surface area contributed by atoms with Crippen LogP contribution in [0.1, 0.15) is 35.3 Å². The average Bonchev–Trinajstić information content (AvgIpc) is 2.99.